The molecule has 16 heavy (non-hydrogen) atoms. The topological polar surface area (TPSA) is 63.6 Å². The predicted octanol–water partition coefficient (Wildman–Crippen LogP) is 0.899. The molecule has 2 N–H and O–H groups in total. The summed E-state index contributed by atoms with van der Waals surface area (Å²) in [6.07, 6.45) is 0.176. The van der Waals surface area contributed by atoms with Crippen LogP contribution in [0.4, 0.5) is 5.82 Å². The van der Waals surface area contributed by atoms with Crippen LogP contribution in [0, 0.1) is 0 Å². The number of ether oxygens (including phenoxy) is 2. The normalized spacial score (nSPS) is 12.2. The molecule has 0 fully saturated rings. The molecule has 0 saturated heterocycles. The highest BCUT2D eigenvalue weighted by atomic mass is 16.5. The largest absolute Gasteiger partial charge is 0.481 e. The summed E-state index contributed by atoms with van der Waals surface area (Å²) in [7, 11) is 3.15. The number of anilines is 1. The molecule has 90 valence electrons. The third-order valence-corrected chi connectivity index (χ3v) is 2.08. The average Bonchev–Trinajstić information content (AvgIpc) is 2.30. The lowest BCUT2D eigenvalue weighted by molar-refractivity contribution is 0.0615. The molecule has 5 heteroatoms. The van der Waals surface area contributed by atoms with Crippen LogP contribution in [-0.2, 0) is 4.74 Å². The van der Waals surface area contributed by atoms with E-state index in [-0.39, 0.29) is 0 Å². The molecule has 0 aliphatic carbocycles. The number of aromatic nitrogens is 1. The van der Waals surface area contributed by atoms with Gasteiger partial charge in [-0.05, 0) is 12.5 Å². The van der Waals surface area contributed by atoms with E-state index in [9.17, 15) is 5.11 Å². The summed E-state index contributed by atoms with van der Waals surface area (Å²) in [5.74, 6) is 1.31. The van der Waals surface area contributed by atoms with Crippen molar-refractivity contribution in [3.63, 3.8) is 0 Å². The van der Waals surface area contributed by atoms with Crippen molar-refractivity contribution in [1.29, 1.82) is 0 Å². The number of nitrogens with zero attached hydrogens (tertiary/aromatic N) is 1. The lowest BCUT2D eigenvalue weighted by Gasteiger charge is -2.10. The van der Waals surface area contributed by atoms with Gasteiger partial charge in [0.1, 0.15) is 5.82 Å². The van der Waals surface area contributed by atoms with Gasteiger partial charge < -0.3 is 19.9 Å². The molecule has 1 aromatic heterocycles. The second-order valence-electron chi connectivity index (χ2n) is 3.39. The lowest BCUT2D eigenvalue weighted by Crippen LogP contribution is -2.18. The van der Waals surface area contributed by atoms with E-state index in [0.29, 0.717) is 25.5 Å². The summed E-state index contributed by atoms with van der Waals surface area (Å²) in [6.45, 7) is 0.998. The zero-order chi connectivity index (χ0) is 11.8. The van der Waals surface area contributed by atoms with E-state index in [0.717, 1.165) is 5.82 Å². The number of hydrogen-bond acceptors (Lipinski definition) is 5. The van der Waals surface area contributed by atoms with E-state index in [1.165, 1.54) is 0 Å². The van der Waals surface area contributed by atoms with Crippen molar-refractivity contribution < 1.29 is 14.6 Å². The molecule has 0 aliphatic heterocycles. The number of aliphatic hydroxyl groups is 1. The molecular weight excluding hydrogens is 208 g/mol. The molecule has 0 amide bonds. The first-order chi connectivity index (χ1) is 7.76. The Hall–Kier alpha value is -1.33. The maximum atomic E-state index is 9.42. The number of nitrogens with one attached hydrogen (secondary N) is 1. The molecule has 1 unspecified atom stereocenters. The average molecular weight is 226 g/mol. The van der Waals surface area contributed by atoms with E-state index < -0.39 is 6.10 Å². The molecule has 1 aromatic rings. The van der Waals surface area contributed by atoms with Gasteiger partial charge in [-0.15, -0.1) is 0 Å². The van der Waals surface area contributed by atoms with Crippen LogP contribution in [0.25, 0.3) is 0 Å². The van der Waals surface area contributed by atoms with Gasteiger partial charge in [-0.2, -0.15) is 4.98 Å². The van der Waals surface area contributed by atoms with Gasteiger partial charge >= 0.3 is 0 Å². The van der Waals surface area contributed by atoms with Crippen molar-refractivity contribution >= 4 is 5.82 Å². The summed E-state index contributed by atoms with van der Waals surface area (Å²) in [4.78, 5) is 4.19. The van der Waals surface area contributed by atoms with Crippen LogP contribution >= 0.6 is 0 Å². The summed E-state index contributed by atoms with van der Waals surface area (Å²) in [5.41, 5.74) is 0. The Morgan fingerprint density at radius 3 is 2.94 bits per heavy atom. The maximum absolute atomic E-state index is 9.42. The van der Waals surface area contributed by atoms with Gasteiger partial charge in [0, 0.05) is 19.7 Å². The quantitative estimate of drug-likeness (QED) is 0.723. The van der Waals surface area contributed by atoms with Crippen molar-refractivity contribution in [2.24, 2.45) is 0 Å². The predicted molar refractivity (Wildman–Crippen MR) is 61.8 cm³/mol. The van der Waals surface area contributed by atoms with Crippen molar-refractivity contribution in [3.8, 4) is 5.88 Å². The van der Waals surface area contributed by atoms with Crippen molar-refractivity contribution in [1.82, 2.24) is 4.98 Å². The van der Waals surface area contributed by atoms with Crippen molar-refractivity contribution in [2.45, 2.75) is 12.5 Å². The maximum Gasteiger partial charge on any atom is 0.214 e. The molecule has 0 spiro atoms. The van der Waals surface area contributed by atoms with Crippen molar-refractivity contribution in [3.05, 3.63) is 18.2 Å². The Kier molecular flexibility index (Phi) is 5.60. The fraction of sp³-hybridized carbons (Fsp3) is 0.545. The first-order valence-electron chi connectivity index (χ1n) is 5.18. The van der Waals surface area contributed by atoms with Crippen LogP contribution < -0.4 is 10.1 Å². The van der Waals surface area contributed by atoms with Crippen LogP contribution in [0.5, 0.6) is 5.88 Å². The van der Waals surface area contributed by atoms with Crippen LogP contribution in [0.15, 0.2) is 18.2 Å². The second-order valence-corrected chi connectivity index (χ2v) is 3.39. The van der Waals surface area contributed by atoms with E-state index >= 15 is 0 Å². The molecule has 0 aliphatic rings. The SMILES string of the molecule is COCC(O)CCNc1cccc(OC)n1. The summed E-state index contributed by atoms with van der Waals surface area (Å²) in [6, 6.07) is 5.50. The molecule has 0 bridgehead atoms. The van der Waals surface area contributed by atoms with Gasteiger partial charge in [-0.25, -0.2) is 0 Å². The minimum Gasteiger partial charge on any atom is -0.481 e. The number of pyridine rings is 1. The lowest BCUT2D eigenvalue weighted by atomic mass is 10.2. The molecule has 0 aromatic carbocycles. The fourth-order valence-corrected chi connectivity index (χ4v) is 1.27. The van der Waals surface area contributed by atoms with Gasteiger partial charge in [-0.3, -0.25) is 0 Å². The van der Waals surface area contributed by atoms with Gasteiger partial charge in [0.25, 0.3) is 0 Å². The van der Waals surface area contributed by atoms with Crippen LogP contribution in [0.1, 0.15) is 6.42 Å². The first kappa shape index (κ1) is 12.7. The van der Waals surface area contributed by atoms with Gasteiger partial charge in [-0.1, -0.05) is 6.07 Å². The second kappa shape index (κ2) is 7.03. The minimum absolute atomic E-state index is 0.354. The van der Waals surface area contributed by atoms with E-state index in [4.69, 9.17) is 9.47 Å². The highest BCUT2D eigenvalue weighted by Crippen LogP contribution is 2.10. The van der Waals surface area contributed by atoms with E-state index in [1.54, 1.807) is 20.3 Å². The third-order valence-electron chi connectivity index (χ3n) is 2.08. The Morgan fingerprint density at radius 1 is 1.44 bits per heavy atom. The number of aliphatic hydroxyl groups excluding tert-OH is 1. The molecule has 1 heterocycles. The smallest absolute Gasteiger partial charge is 0.214 e. The van der Waals surface area contributed by atoms with Gasteiger partial charge in [0.05, 0.1) is 19.8 Å². The van der Waals surface area contributed by atoms with E-state index in [1.807, 2.05) is 12.1 Å². The first-order valence-corrected chi connectivity index (χ1v) is 5.18. The number of hydrogen-bond donors (Lipinski definition) is 2. The monoisotopic (exact) mass is 226 g/mol. The summed E-state index contributed by atoms with van der Waals surface area (Å²) >= 11 is 0. The van der Waals surface area contributed by atoms with Gasteiger partial charge in [0.2, 0.25) is 5.88 Å². The number of methoxy groups -OCH3 is 2. The molecule has 5 nitrogen and oxygen atoms in total. The summed E-state index contributed by atoms with van der Waals surface area (Å²) < 4.78 is 9.83. The van der Waals surface area contributed by atoms with Gasteiger partial charge in [0.15, 0.2) is 0 Å². The highest BCUT2D eigenvalue weighted by molar-refractivity contribution is 5.36. The minimum atomic E-state index is -0.442. The van der Waals surface area contributed by atoms with Crippen molar-refractivity contribution in [2.75, 3.05) is 32.7 Å². The molecular formula is C11H18N2O3. The molecule has 1 atom stereocenters. The highest BCUT2D eigenvalue weighted by Gasteiger charge is 2.03. The van der Waals surface area contributed by atoms with Crippen LogP contribution in [0.3, 0.4) is 0 Å². The molecule has 1 rings (SSSR count). The third kappa shape index (κ3) is 4.46. The Balaban J connectivity index is 2.31. The Bertz CT molecular complexity index is 307. The Labute approximate surface area is 95.4 Å². The zero-order valence-electron chi connectivity index (χ0n) is 9.64. The number of rotatable bonds is 7. The van der Waals surface area contributed by atoms with Crippen LogP contribution in [-0.4, -0.2) is 43.6 Å². The molecule has 0 saturated carbocycles. The van der Waals surface area contributed by atoms with E-state index in [2.05, 4.69) is 10.3 Å². The fourth-order valence-electron chi connectivity index (χ4n) is 1.27. The Morgan fingerprint density at radius 2 is 2.25 bits per heavy atom. The zero-order valence-corrected chi connectivity index (χ0v) is 9.64. The molecule has 0 radical (unpaired) electrons. The standard InChI is InChI=1S/C11H18N2O3/c1-15-8-9(14)6-7-12-10-4-3-5-11(13-10)16-2/h3-5,9,14H,6-8H2,1-2H3,(H,12,13). The van der Waals surface area contributed by atoms with Crippen LogP contribution in [0.2, 0.25) is 0 Å². The summed E-state index contributed by atoms with van der Waals surface area (Å²) in [5, 5.41) is 12.5.